The molecule has 0 aromatic carbocycles. The van der Waals surface area contributed by atoms with Crippen LogP contribution in [0.2, 0.25) is 0 Å². The molecule has 0 saturated carbocycles. The zero-order valence-corrected chi connectivity index (χ0v) is 11.1. The highest BCUT2D eigenvalue weighted by Gasteiger charge is 2.15. The molecule has 0 saturated heterocycles. The second-order valence-electron chi connectivity index (χ2n) is 4.39. The molecule has 0 unspecified atom stereocenters. The first kappa shape index (κ1) is 13.3. The van der Waals surface area contributed by atoms with E-state index in [1.54, 1.807) is 24.4 Å². The topological polar surface area (TPSA) is 63.5 Å². The zero-order chi connectivity index (χ0) is 13.8. The van der Waals surface area contributed by atoms with Crippen molar-refractivity contribution in [1.29, 1.82) is 0 Å². The summed E-state index contributed by atoms with van der Waals surface area (Å²) in [6.45, 7) is 4.00. The van der Waals surface area contributed by atoms with Gasteiger partial charge in [-0.3, -0.25) is 14.0 Å². The Morgan fingerprint density at radius 1 is 1.37 bits per heavy atom. The first-order valence-corrected chi connectivity index (χ1v) is 6.44. The van der Waals surface area contributed by atoms with E-state index < -0.39 is 0 Å². The molecule has 2 rings (SSSR count). The fourth-order valence-corrected chi connectivity index (χ4v) is 1.94. The van der Waals surface area contributed by atoms with Crippen molar-refractivity contribution in [3.63, 3.8) is 0 Å². The molecule has 1 amide bonds. The fourth-order valence-electron chi connectivity index (χ4n) is 1.94. The average Bonchev–Trinajstić information content (AvgIpc) is 2.45. The van der Waals surface area contributed by atoms with Crippen molar-refractivity contribution in [2.24, 2.45) is 0 Å². The summed E-state index contributed by atoms with van der Waals surface area (Å²) in [5.74, 6) is -0.357. The molecule has 1 N–H and O–H groups in total. The molecule has 100 valence electrons. The van der Waals surface area contributed by atoms with Gasteiger partial charge >= 0.3 is 0 Å². The van der Waals surface area contributed by atoms with Crippen LogP contribution in [0, 0.1) is 0 Å². The van der Waals surface area contributed by atoms with Crippen LogP contribution in [0.4, 0.5) is 0 Å². The Morgan fingerprint density at radius 2 is 2.11 bits per heavy atom. The Labute approximate surface area is 111 Å². The first-order valence-electron chi connectivity index (χ1n) is 6.44. The molecule has 0 aliphatic carbocycles. The molecule has 5 heteroatoms. The van der Waals surface area contributed by atoms with E-state index in [2.05, 4.69) is 10.3 Å². The minimum Gasteiger partial charge on any atom is -0.349 e. The van der Waals surface area contributed by atoms with Crippen LogP contribution >= 0.6 is 0 Å². The molecule has 0 aliphatic heterocycles. The third-order valence-corrected chi connectivity index (χ3v) is 3.18. The van der Waals surface area contributed by atoms with Gasteiger partial charge in [-0.25, -0.2) is 4.98 Å². The number of carbonyl (C=O) groups is 1. The van der Waals surface area contributed by atoms with Crippen LogP contribution in [0.25, 0.3) is 5.65 Å². The molecule has 2 aromatic rings. The number of pyridine rings is 1. The van der Waals surface area contributed by atoms with Crippen LogP contribution in [-0.2, 0) is 0 Å². The Balaban J connectivity index is 2.38. The van der Waals surface area contributed by atoms with Gasteiger partial charge in [0.1, 0.15) is 11.2 Å². The van der Waals surface area contributed by atoms with Gasteiger partial charge in [0.25, 0.3) is 11.5 Å². The third-order valence-electron chi connectivity index (χ3n) is 3.18. The summed E-state index contributed by atoms with van der Waals surface area (Å²) in [7, 11) is 0. The van der Waals surface area contributed by atoms with Gasteiger partial charge in [0.05, 0.1) is 0 Å². The molecule has 0 spiro atoms. The number of fused-ring (bicyclic) bond motifs is 1. The minimum absolute atomic E-state index is 0.0793. The van der Waals surface area contributed by atoms with Crippen molar-refractivity contribution in [2.45, 2.75) is 32.7 Å². The Bertz CT molecular complexity index is 644. The largest absolute Gasteiger partial charge is 0.349 e. The van der Waals surface area contributed by atoms with Crippen LogP contribution < -0.4 is 10.9 Å². The lowest BCUT2D eigenvalue weighted by molar-refractivity contribution is 0.0933. The molecule has 0 fully saturated rings. The molecular formula is C14H17N3O2. The molecule has 0 aliphatic rings. The van der Waals surface area contributed by atoms with Crippen molar-refractivity contribution in [1.82, 2.24) is 14.7 Å². The van der Waals surface area contributed by atoms with Crippen molar-refractivity contribution in [3.8, 4) is 0 Å². The second-order valence-corrected chi connectivity index (χ2v) is 4.39. The number of nitrogens with one attached hydrogen (secondary N) is 1. The molecule has 2 heterocycles. The summed E-state index contributed by atoms with van der Waals surface area (Å²) in [5, 5.41) is 2.85. The fraction of sp³-hybridized carbons (Fsp3) is 0.357. The Kier molecular flexibility index (Phi) is 3.94. The van der Waals surface area contributed by atoms with Crippen molar-refractivity contribution >= 4 is 11.6 Å². The van der Waals surface area contributed by atoms with E-state index in [0.29, 0.717) is 5.65 Å². The summed E-state index contributed by atoms with van der Waals surface area (Å²) in [4.78, 5) is 28.4. The molecule has 0 bridgehead atoms. The Morgan fingerprint density at radius 3 is 2.79 bits per heavy atom. The molecule has 2 aromatic heterocycles. The number of hydrogen-bond acceptors (Lipinski definition) is 3. The lowest BCUT2D eigenvalue weighted by atomic mass is 10.1. The van der Waals surface area contributed by atoms with Gasteiger partial charge in [-0.05, 0) is 25.0 Å². The van der Waals surface area contributed by atoms with Gasteiger partial charge in [0.2, 0.25) is 0 Å². The van der Waals surface area contributed by atoms with Crippen molar-refractivity contribution in [2.75, 3.05) is 0 Å². The van der Waals surface area contributed by atoms with E-state index in [0.717, 1.165) is 12.8 Å². The van der Waals surface area contributed by atoms with Gasteiger partial charge in [-0.15, -0.1) is 0 Å². The van der Waals surface area contributed by atoms with E-state index in [1.807, 2.05) is 13.8 Å². The van der Waals surface area contributed by atoms with Gasteiger partial charge in [-0.1, -0.05) is 19.9 Å². The lowest BCUT2D eigenvalue weighted by Gasteiger charge is -2.14. The Hall–Kier alpha value is -2.17. The molecule has 0 radical (unpaired) electrons. The maximum atomic E-state index is 12.2. The van der Waals surface area contributed by atoms with E-state index in [1.165, 1.54) is 10.6 Å². The van der Waals surface area contributed by atoms with E-state index in [4.69, 9.17) is 0 Å². The number of aromatic nitrogens is 2. The van der Waals surface area contributed by atoms with E-state index in [-0.39, 0.29) is 23.1 Å². The average molecular weight is 259 g/mol. The lowest BCUT2D eigenvalue weighted by Crippen LogP contribution is -2.37. The van der Waals surface area contributed by atoms with Gasteiger partial charge in [-0.2, -0.15) is 0 Å². The molecular weight excluding hydrogens is 242 g/mol. The maximum Gasteiger partial charge on any atom is 0.270 e. The highest BCUT2D eigenvalue weighted by atomic mass is 16.2. The quantitative estimate of drug-likeness (QED) is 0.907. The molecule has 5 nitrogen and oxygen atoms in total. The van der Waals surface area contributed by atoms with Crippen LogP contribution in [-0.4, -0.2) is 21.3 Å². The van der Waals surface area contributed by atoms with E-state index in [9.17, 15) is 9.59 Å². The highest BCUT2D eigenvalue weighted by molar-refractivity contribution is 5.93. The third kappa shape index (κ3) is 2.65. The van der Waals surface area contributed by atoms with E-state index >= 15 is 0 Å². The maximum absolute atomic E-state index is 12.2. The summed E-state index contributed by atoms with van der Waals surface area (Å²) in [5.41, 5.74) is 0.274. The van der Waals surface area contributed by atoms with Crippen LogP contribution in [0.3, 0.4) is 0 Å². The number of hydrogen-bond donors (Lipinski definition) is 1. The number of amides is 1. The second kappa shape index (κ2) is 5.65. The number of carbonyl (C=O) groups excluding carboxylic acids is 1. The standard InChI is InChI=1S/C14H17N3O2/c1-3-10(4-2)16-13(18)11-9-15-12-7-5-6-8-17(12)14(11)19/h5-10H,3-4H2,1-2H3,(H,16,18). The summed E-state index contributed by atoms with van der Waals surface area (Å²) < 4.78 is 1.38. The molecule has 19 heavy (non-hydrogen) atoms. The minimum atomic E-state index is -0.357. The first-order chi connectivity index (χ1) is 9.17. The van der Waals surface area contributed by atoms with Crippen LogP contribution in [0.5, 0.6) is 0 Å². The predicted octanol–water partition coefficient (Wildman–Crippen LogP) is 1.61. The van der Waals surface area contributed by atoms with Crippen LogP contribution in [0.15, 0.2) is 35.4 Å². The highest BCUT2D eigenvalue weighted by Crippen LogP contribution is 2.00. The smallest absolute Gasteiger partial charge is 0.270 e. The van der Waals surface area contributed by atoms with Gasteiger partial charge < -0.3 is 5.32 Å². The van der Waals surface area contributed by atoms with Gasteiger partial charge in [0.15, 0.2) is 0 Å². The summed E-state index contributed by atoms with van der Waals surface area (Å²) >= 11 is 0. The van der Waals surface area contributed by atoms with Crippen molar-refractivity contribution in [3.05, 3.63) is 46.5 Å². The summed E-state index contributed by atoms with van der Waals surface area (Å²) in [6.07, 6.45) is 4.63. The molecule has 0 atom stereocenters. The SMILES string of the molecule is CCC(CC)NC(=O)c1cnc2ccccn2c1=O. The monoisotopic (exact) mass is 259 g/mol. The number of rotatable bonds is 4. The van der Waals surface area contributed by atoms with Gasteiger partial charge in [0, 0.05) is 18.4 Å². The predicted molar refractivity (Wildman–Crippen MR) is 73.3 cm³/mol. The van der Waals surface area contributed by atoms with Crippen molar-refractivity contribution < 1.29 is 4.79 Å². The zero-order valence-electron chi connectivity index (χ0n) is 11.1. The van der Waals surface area contributed by atoms with Crippen LogP contribution in [0.1, 0.15) is 37.0 Å². The number of nitrogens with zero attached hydrogens (tertiary/aromatic N) is 2. The normalized spacial score (nSPS) is 10.9. The summed E-state index contributed by atoms with van der Waals surface area (Å²) in [6, 6.07) is 5.34.